The number of nitrogens with zero attached hydrogens (tertiary/aromatic N) is 1. The quantitative estimate of drug-likeness (QED) is 0.672. The monoisotopic (exact) mass is 367 g/mol. The molecule has 2 amide bonds. The van der Waals surface area contributed by atoms with Crippen molar-refractivity contribution in [1.29, 1.82) is 0 Å². The Balaban J connectivity index is 1.71. The summed E-state index contributed by atoms with van der Waals surface area (Å²) >= 11 is 7.20. The summed E-state index contributed by atoms with van der Waals surface area (Å²) in [6, 6.07) is 7.07. The number of aliphatic carboxylic acids is 1. The summed E-state index contributed by atoms with van der Waals surface area (Å²) in [7, 11) is 0. The van der Waals surface area contributed by atoms with Crippen LogP contribution in [0.5, 0.6) is 0 Å². The van der Waals surface area contributed by atoms with Crippen molar-refractivity contribution in [3.05, 3.63) is 46.6 Å². The van der Waals surface area contributed by atoms with Crippen LogP contribution in [0.15, 0.2) is 41.1 Å². The molecule has 7 nitrogen and oxygen atoms in total. The van der Waals surface area contributed by atoms with Gasteiger partial charge in [0.25, 0.3) is 5.91 Å². The molecule has 4 N–H and O–H groups in total. The number of hydrogen-bond donors (Lipinski definition) is 3. The van der Waals surface area contributed by atoms with Gasteiger partial charge in [0.15, 0.2) is 0 Å². The van der Waals surface area contributed by atoms with Crippen LogP contribution in [-0.4, -0.2) is 45.0 Å². The number of nitrogens with two attached hydrogens (primary N) is 1. The fraction of sp³-hybridized carbons (Fsp3) is 0.267. The molecule has 3 atom stereocenters. The first-order valence-electron chi connectivity index (χ1n) is 7.09. The first-order chi connectivity index (χ1) is 11.4. The molecular formula is C15H14ClN3O4S. The third-order valence-corrected chi connectivity index (χ3v) is 5.61. The Hall–Kier alpha value is -2.03. The van der Waals surface area contributed by atoms with Crippen molar-refractivity contribution >= 4 is 41.1 Å². The average molecular weight is 368 g/mol. The van der Waals surface area contributed by atoms with Crippen LogP contribution < -0.4 is 11.1 Å². The summed E-state index contributed by atoms with van der Waals surface area (Å²) in [4.78, 5) is 36.9. The van der Waals surface area contributed by atoms with Crippen LogP contribution in [-0.2, 0) is 14.4 Å². The number of carboxylic acids is 1. The van der Waals surface area contributed by atoms with Gasteiger partial charge in [-0.2, -0.15) is 0 Å². The highest BCUT2D eigenvalue weighted by Crippen LogP contribution is 2.41. The Morgan fingerprint density at radius 1 is 1.38 bits per heavy atom. The molecule has 2 aliphatic rings. The zero-order chi connectivity index (χ0) is 17.4. The number of carbonyl (C=O) groups is 3. The number of thioether (sulfide) groups is 1. The second kappa shape index (κ2) is 6.46. The van der Waals surface area contributed by atoms with E-state index in [9.17, 15) is 19.5 Å². The summed E-state index contributed by atoms with van der Waals surface area (Å²) in [5.74, 6) is -1.98. The SMILES string of the molecule is N[C@@H](C(=O)N[C@H]1C(=O)N2C(C(=O)O)=C(Cl)CS[C@@H]12)c1ccccc1. The Morgan fingerprint density at radius 2 is 2.04 bits per heavy atom. The fourth-order valence-electron chi connectivity index (χ4n) is 2.64. The van der Waals surface area contributed by atoms with Gasteiger partial charge in [-0.05, 0) is 5.56 Å². The van der Waals surface area contributed by atoms with E-state index >= 15 is 0 Å². The van der Waals surface area contributed by atoms with Gasteiger partial charge >= 0.3 is 5.97 Å². The average Bonchev–Trinajstić information content (AvgIpc) is 2.59. The predicted molar refractivity (Wildman–Crippen MR) is 88.9 cm³/mol. The van der Waals surface area contributed by atoms with Crippen LogP contribution in [0, 0.1) is 0 Å². The van der Waals surface area contributed by atoms with E-state index in [0.29, 0.717) is 5.56 Å². The molecule has 2 heterocycles. The molecule has 0 bridgehead atoms. The molecule has 0 aromatic heterocycles. The molecule has 2 aliphatic heterocycles. The van der Waals surface area contributed by atoms with Crippen molar-refractivity contribution in [1.82, 2.24) is 10.2 Å². The van der Waals surface area contributed by atoms with E-state index in [-0.39, 0.29) is 16.5 Å². The standard InChI is InChI=1S/C15H14ClN3O4S/c16-8-6-24-14-10(13(21)19(14)11(8)15(22)23)18-12(20)9(17)7-4-2-1-3-5-7/h1-5,9-10,14H,6,17H2,(H,18,20)(H,22,23)/t9-,10+,14+/m1/s1. The first kappa shape index (κ1) is 16.8. The maximum Gasteiger partial charge on any atom is 0.353 e. The molecule has 1 saturated heterocycles. The van der Waals surface area contributed by atoms with Gasteiger partial charge in [0.2, 0.25) is 5.91 Å². The molecule has 0 aliphatic carbocycles. The molecule has 9 heteroatoms. The van der Waals surface area contributed by atoms with E-state index < -0.39 is 35.2 Å². The minimum atomic E-state index is -1.26. The minimum absolute atomic E-state index is 0.114. The Morgan fingerprint density at radius 3 is 2.67 bits per heavy atom. The van der Waals surface area contributed by atoms with E-state index in [1.807, 2.05) is 6.07 Å². The smallest absolute Gasteiger partial charge is 0.353 e. The number of amides is 2. The molecule has 1 aromatic rings. The van der Waals surface area contributed by atoms with E-state index in [4.69, 9.17) is 17.3 Å². The van der Waals surface area contributed by atoms with Crippen molar-refractivity contribution in [3.8, 4) is 0 Å². The Labute approximate surface area is 146 Å². The Kier molecular flexibility index (Phi) is 4.53. The second-order valence-corrected chi connectivity index (χ2v) is 6.90. The minimum Gasteiger partial charge on any atom is -0.477 e. The zero-order valence-corrected chi connectivity index (χ0v) is 13.9. The summed E-state index contributed by atoms with van der Waals surface area (Å²) in [6.45, 7) is 0. The molecular weight excluding hydrogens is 354 g/mol. The van der Waals surface area contributed by atoms with Crippen molar-refractivity contribution in [3.63, 3.8) is 0 Å². The Bertz CT molecular complexity index is 739. The van der Waals surface area contributed by atoms with Crippen LogP contribution in [0.2, 0.25) is 0 Å². The molecule has 24 heavy (non-hydrogen) atoms. The fourth-order valence-corrected chi connectivity index (χ4v) is 4.19. The maximum absolute atomic E-state index is 12.3. The molecule has 126 valence electrons. The number of hydrogen-bond acceptors (Lipinski definition) is 5. The highest BCUT2D eigenvalue weighted by molar-refractivity contribution is 8.00. The van der Waals surface area contributed by atoms with Gasteiger partial charge < -0.3 is 16.2 Å². The highest BCUT2D eigenvalue weighted by Gasteiger charge is 2.54. The number of β-lactam (4-membered cyclic amide) rings is 1. The van der Waals surface area contributed by atoms with Gasteiger partial charge in [-0.3, -0.25) is 14.5 Å². The summed E-state index contributed by atoms with van der Waals surface area (Å²) < 4.78 is 0. The molecule has 0 spiro atoms. The first-order valence-corrected chi connectivity index (χ1v) is 8.52. The molecule has 1 fully saturated rings. The van der Waals surface area contributed by atoms with Gasteiger partial charge in [-0.25, -0.2) is 4.79 Å². The van der Waals surface area contributed by atoms with Crippen LogP contribution in [0.3, 0.4) is 0 Å². The van der Waals surface area contributed by atoms with Crippen LogP contribution in [0.25, 0.3) is 0 Å². The van der Waals surface area contributed by atoms with Crippen molar-refractivity contribution in [2.24, 2.45) is 5.73 Å². The lowest BCUT2D eigenvalue weighted by molar-refractivity contribution is -0.150. The lowest BCUT2D eigenvalue weighted by atomic mass is 10.0. The van der Waals surface area contributed by atoms with Gasteiger partial charge in [-0.15, -0.1) is 11.8 Å². The molecule has 0 radical (unpaired) electrons. The van der Waals surface area contributed by atoms with Gasteiger partial charge in [0.05, 0.1) is 5.03 Å². The summed E-state index contributed by atoms with van der Waals surface area (Å²) in [5, 5.41) is 11.4. The number of halogens is 1. The van der Waals surface area contributed by atoms with Gasteiger partial charge in [-0.1, -0.05) is 41.9 Å². The van der Waals surface area contributed by atoms with Crippen molar-refractivity contribution in [2.75, 3.05) is 5.75 Å². The molecule has 3 rings (SSSR count). The third kappa shape index (κ3) is 2.77. The summed E-state index contributed by atoms with van der Waals surface area (Å²) in [5.41, 5.74) is 6.32. The van der Waals surface area contributed by atoms with E-state index in [1.165, 1.54) is 11.8 Å². The van der Waals surface area contributed by atoms with Gasteiger partial charge in [0.1, 0.15) is 23.2 Å². The normalized spacial score (nSPS) is 24.1. The van der Waals surface area contributed by atoms with E-state index in [1.54, 1.807) is 24.3 Å². The topological polar surface area (TPSA) is 113 Å². The number of nitrogens with one attached hydrogen (secondary N) is 1. The number of benzene rings is 1. The predicted octanol–water partition coefficient (Wildman–Crippen LogP) is 0.621. The molecule has 0 unspecified atom stereocenters. The van der Waals surface area contributed by atoms with E-state index in [0.717, 1.165) is 4.90 Å². The third-order valence-electron chi connectivity index (χ3n) is 3.86. The number of fused-ring (bicyclic) bond motifs is 1. The van der Waals surface area contributed by atoms with Crippen LogP contribution in [0.4, 0.5) is 0 Å². The van der Waals surface area contributed by atoms with Crippen LogP contribution in [0.1, 0.15) is 11.6 Å². The second-order valence-electron chi connectivity index (χ2n) is 5.34. The molecule has 1 aromatic carbocycles. The van der Waals surface area contributed by atoms with Crippen molar-refractivity contribution < 1.29 is 19.5 Å². The van der Waals surface area contributed by atoms with Gasteiger partial charge in [0, 0.05) is 5.75 Å². The van der Waals surface area contributed by atoms with Crippen LogP contribution >= 0.6 is 23.4 Å². The maximum atomic E-state index is 12.3. The number of carboxylic acid groups (broad SMARTS) is 1. The lowest BCUT2D eigenvalue weighted by Gasteiger charge is -2.48. The molecule has 0 saturated carbocycles. The highest BCUT2D eigenvalue weighted by atomic mass is 35.5. The summed E-state index contributed by atoms with van der Waals surface area (Å²) in [6.07, 6.45) is 0. The van der Waals surface area contributed by atoms with Crippen molar-refractivity contribution in [2.45, 2.75) is 17.5 Å². The number of carbonyl (C=O) groups excluding carboxylic acids is 2. The van der Waals surface area contributed by atoms with E-state index in [2.05, 4.69) is 5.32 Å². The zero-order valence-electron chi connectivity index (χ0n) is 12.3. The number of rotatable bonds is 4. The largest absolute Gasteiger partial charge is 0.477 e. The lowest BCUT2D eigenvalue weighted by Crippen LogP contribution is -2.70.